The number of hydrogen-bond donors (Lipinski definition) is 15. The molecule has 95 heavy (non-hydrogen) atoms. The van der Waals surface area contributed by atoms with Crippen molar-refractivity contribution in [1.82, 2.24) is 52.3 Å². The van der Waals surface area contributed by atoms with Crippen LogP contribution < -0.4 is 76.9 Å². The van der Waals surface area contributed by atoms with Crippen LogP contribution in [-0.4, -0.2) is 203 Å². The van der Waals surface area contributed by atoms with E-state index in [1.807, 2.05) is 0 Å². The van der Waals surface area contributed by atoms with E-state index in [9.17, 15) is 67.4 Å². The molecule has 0 radical (unpaired) electrons. The summed E-state index contributed by atoms with van der Waals surface area (Å²) >= 11 is 1.40. The number of hydrogen-bond acceptors (Lipinski definition) is 17. The maximum Gasteiger partial charge on any atom is 0.326 e. The van der Waals surface area contributed by atoms with Crippen LogP contribution in [0.15, 0.2) is 65.7 Å². The fourth-order valence-corrected chi connectivity index (χ4v) is 11.5. The van der Waals surface area contributed by atoms with Crippen molar-refractivity contribution in [3.05, 3.63) is 71.8 Å². The Morgan fingerprint density at radius 3 is 1.53 bits per heavy atom. The van der Waals surface area contributed by atoms with E-state index in [4.69, 9.17) is 34.4 Å². The average Bonchev–Trinajstić information content (AvgIpc) is 1.74. The van der Waals surface area contributed by atoms with Crippen LogP contribution in [0, 0.1) is 5.92 Å². The van der Waals surface area contributed by atoms with Gasteiger partial charge < -0.3 is 91.8 Å². The van der Waals surface area contributed by atoms with E-state index in [1.54, 1.807) is 80.8 Å². The number of nitrogens with one attached hydrogen (secondary N) is 8. The summed E-state index contributed by atoms with van der Waals surface area (Å²) in [6, 6.07) is 4.12. The van der Waals surface area contributed by atoms with Crippen molar-refractivity contribution >= 4 is 94.6 Å². The molecular weight excluding hydrogens is 1250 g/mol. The number of aliphatic imine (C=N–C) groups is 1. The maximum absolute atomic E-state index is 14.7. The number of rotatable bonds is 42. The Morgan fingerprint density at radius 2 is 1.03 bits per heavy atom. The van der Waals surface area contributed by atoms with Gasteiger partial charge >= 0.3 is 5.97 Å². The molecule has 2 fully saturated rings. The predicted molar refractivity (Wildman–Crippen MR) is 354 cm³/mol. The Morgan fingerprint density at radius 1 is 0.558 bits per heavy atom. The van der Waals surface area contributed by atoms with E-state index in [2.05, 4.69) is 47.5 Å². The molecule has 0 unspecified atom stereocenters. The smallest absolute Gasteiger partial charge is 0.326 e. The van der Waals surface area contributed by atoms with Crippen molar-refractivity contribution in [3.8, 4) is 0 Å². The standard InChI is InChI=1S/C63H97N17O14S/c1-37(2)33-45(56(87)76-44(62(93)94)27-32-95-3)72-52(83)36-71-53(84)46(34-38-15-6-4-7-16-38)77-57(88)47(35-39-17-8-5-9-18-39)78-55(86)41(23-25-50(66)81)73-54(85)42(24-26-51(67)82)74-58(89)49-22-14-31-80(49)61(92)43(20-10-11-28-64)75-59(90)48-21-13-30-79(48)60(91)40(65)19-12-29-70-63(68)69/h4-9,15-18,37,40-49H,10-14,19-36,64-65H2,1-3H3,(H2,66,81)(H2,67,82)(H,71,84)(H,72,83)(H,73,85)(H,74,89)(H,75,90)(H,76,87)(H,77,88)(H,78,86)(H,93,94)(H4,68,69,70)/t40-,41-,42-,43-,44-,45-,46-,47+,48+,49-/m0/s1. The zero-order chi connectivity index (χ0) is 70.1. The monoisotopic (exact) mass is 1350 g/mol. The molecule has 0 saturated carbocycles. The summed E-state index contributed by atoms with van der Waals surface area (Å²) in [6.07, 6.45) is 2.86. The highest BCUT2D eigenvalue weighted by Crippen LogP contribution is 2.24. The number of carbonyl (C=O) groups excluding carboxylic acids is 12. The highest BCUT2D eigenvalue weighted by Gasteiger charge is 2.42. The Hall–Kier alpha value is -8.91. The van der Waals surface area contributed by atoms with E-state index in [-0.39, 0.29) is 83.0 Å². The van der Waals surface area contributed by atoms with Crippen molar-refractivity contribution in [1.29, 1.82) is 0 Å². The zero-order valence-electron chi connectivity index (χ0n) is 54.4. The lowest BCUT2D eigenvalue weighted by molar-refractivity contribution is -0.144. The van der Waals surface area contributed by atoms with E-state index >= 15 is 0 Å². The lowest BCUT2D eigenvalue weighted by atomic mass is 10.0. The van der Waals surface area contributed by atoms with Gasteiger partial charge in [-0.2, -0.15) is 11.8 Å². The number of guanidine groups is 1. The van der Waals surface area contributed by atoms with Gasteiger partial charge in [-0.15, -0.1) is 0 Å². The molecule has 10 atom stereocenters. The van der Waals surface area contributed by atoms with Gasteiger partial charge in [0.2, 0.25) is 70.9 Å². The van der Waals surface area contributed by atoms with Crippen LogP contribution in [0.2, 0.25) is 0 Å². The topological polar surface area (TPSA) is 513 Å². The summed E-state index contributed by atoms with van der Waals surface area (Å²) in [5.74, 6) is -10.6. The third kappa shape index (κ3) is 27.5. The second kappa shape index (κ2) is 41.0. The number of unbranched alkanes of at least 4 members (excludes halogenated alkanes) is 1. The number of thioether (sulfide) groups is 1. The second-order valence-electron chi connectivity index (χ2n) is 24.1. The van der Waals surface area contributed by atoms with E-state index in [0.717, 1.165) is 0 Å². The first-order valence-corrected chi connectivity index (χ1v) is 33.5. The van der Waals surface area contributed by atoms with Crippen LogP contribution >= 0.6 is 11.8 Å². The van der Waals surface area contributed by atoms with Crippen LogP contribution in [0.3, 0.4) is 0 Å². The van der Waals surface area contributed by atoms with Gasteiger partial charge in [-0.25, -0.2) is 4.79 Å². The molecule has 524 valence electrons. The SMILES string of the molecule is CSCC[C@H](NC(=O)[C@H](CC(C)C)NC(=O)CNC(=O)[C@H](Cc1ccccc1)NC(=O)[C@@H](Cc1ccccc1)NC(=O)[C@H](CCC(N)=O)NC(=O)[C@H](CCC(N)=O)NC(=O)[C@@H]1CCCN1C(=O)[C@H](CCCCN)NC(=O)[C@H]1CCCN1C(=O)[C@@H](N)CCCN=C(N)N)C(=O)O. The second-order valence-corrected chi connectivity index (χ2v) is 25.0. The molecule has 4 rings (SSSR count). The fourth-order valence-electron chi connectivity index (χ4n) is 11.0. The first kappa shape index (κ1) is 78.5. The molecule has 0 aliphatic carbocycles. The van der Waals surface area contributed by atoms with Gasteiger partial charge in [0.15, 0.2) is 5.96 Å². The number of likely N-dealkylation sites (tertiary alicyclic amines) is 2. The Labute approximate surface area is 557 Å². The number of nitrogens with zero attached hydrogens (tertiary/aromatic N) is 3. The number of benzene rings is 2. The average molecular weight is 1350 g/mol. The molecule has 2 saturated heterocycles. The van der Waals surface area contributed by atoms with Crippen molar-refractivity contribution in [3.63, 3.8) is 0 Å². The third-order valence-corrected chi connectivity index (χ3v) is 16.6. The molecule has 2 aliphatic rings. The fraction of sp³-hybridized carbons (Fsp3) is 0.587. The molecule has 31 nitrogen and oxygen atoms in total. The molecule has 2 aliphatic heterocycles. The molecule has 0 aromatic heterocycles. The van der Waals surface area contributed by atoms with Crippen molar-refractivity contribution < 1.29 is 67.4 Å². The van der Waals surface area contributed by atoms with Gasteiger partial charge in [-0.1, -0.05) is 74.5 Å². The maximum atomic E-state index is 14.7. The molecule has 32 heteroatoms. The van der Waals surface area contributed by atoms with Crippen molar-refractivity contribution in [2.45, 2.75) is 183 Å². The van der Waals surface area contributed by atoms with Crippen molar-refractivity contribution in [2.24, 2.45) is 45.3 Å². The number of carboxylic acid groups (broad SMARTS) is 1. The van der Waals surface area contributed by atoms with Crippen molar-refractivity contribution in [2.75, 3.05) is 44.7 Å². The minimum Gasteiger partial charge on any atom is -0.480 e. The summed E-state index contributed by atoms with van der Waals surface area (Å²) in [5, 5.41) is 30.6. The normalized spacial score (nSPS) is 16.8. The molecule has 2 aromatic rings. The zero-order valence-corrected chi connectivity index (χ0v) is 55.2. The number of nitrogens with two attached hydrogens (primary N) is 6. The number of primary amides is 2. The first-order valence-electron chi connectivity index (χ1n) is 32.1. The van der Waals surface area contributed by atoms with E-state index < -0.39 is 170 Å². The lowest BCUT2D eigenvalue weighted by Gasteiger charge is -2.32. The molecule has 0 bridgehead atoms. The minimum atomic E-state index is -1.65. The number of carbonyl (C=O) groups is 13. The van der Waals surface area contributed by atoms with Gasteiger partial charge in [0.1, 0.15) is 54.4 Å². The van der Waals surface area contributed by atoms with Gasteiger partial charge in [0.05, 0.1) is 12.6 Å². The summed E-state index contributed by atoms with van der Waals surface area (Å²) in [5.41, 5.74) is 35.0. The van der Waals surface area contributed by atoms with Crippen LogP contribution in [0.5, 0.6) is 0 Å². The summed E-state index contributed by atoms with van der Waals surface area (Å²) in [7, 11) is 0. The molecule has 12 amide bonds. The summed E-state index contributed by atoms with van der Waals surface area (Å²) in [4.78, 5) is 184. The van der Waals surface area contributed by atoms with E-state index in [1.165, 1.54) is 21.6 Å². The van der Waals surface area contributed by atoms with Gasteiger partial charge in [0, 0.05) is 45.3 Å². The van der Waals surface area contributed by atoms with Gasteiger partial charge in [-0.3, -0.25) is 62.5 Å². The summed E-state index contributed by atoms with van der Waals surface area (Å²) in [6.45, 7) is 3.78. The predicted octanol–water partition coefficient (Wildman–Crippen LogP) is -3.11. The largest absolute Gasteiger partial charge is 0.480 e. The van der Waals surface area contributed by atoms with Crippen LogP contribution in [0.1, 0.15) is 121 Å². The molecule has 2 aromatic carbocycles. The van der Waals surface area contributed by atoms with Crippen LogP contribution in [0.25, 0.3) is 0 Å². The molecule has 2 heterocycles. The number of amides is 12. The van der Waals surface area contributed by atoms with Crippen LogP contribution in [-0.2, 0) is 75.2 Å². The number of carboxylic acids is 1. The Bertz CT molecular complexity index is 2960. The molecule has 21 N–H and O–H groups in total. The quantitative estimate of drug-likeness (QED) is 0.0178. The van der Waals surface area contributed by atoms with Gasteiger partial charge in [-0.05, 0) is 119 Å². The lowest BCUT2D eigenvalue weighted by Crippen LogP contribution is -2.60. The van der Waals surface area contributed by atoms with Gasteiger partial charge in [0.25, 0.3) is 0 Å². The van der Waals surface area contributed by atoms with Crippen LogP contribution in [0.4, 0.5) is 0 Å². The minimum absolute atomic E-state index is 0.0706. The number of aliphatic carboxylic acids is 1. The highest BCUT2D eigenvalue weighted by atomic mass is 32.2. The third-order valence-electron chi connectivity index (χ3n) is 16.0. The first-order chi connectivity index (χ1) is 45.2. The molecule has 0 spiro atoms. The van der Waals surface area contributed by atoms with E-state index in [0.29, 0.717) is 55.4 Å². The Kier molecular flexibility index (Phi) is 33.9. The highest BCUT2D eigenvalue weighted by molar-refractivity contribution is 7.98. The molecular formula is C63H97N17O14S. The summed E-state index contributed by atoms with van der Waals surface area (Å²) < 4.78 is 0. The Balaban J connectivity index is 1.56.